The maximum atomic E-state index is 9.85. The fraction of sp³-hybridized carbons (Fsp3) is 0.296. The number of rotatable bonds is 3. The maximum Gasteiger partial charge on any atom is 0.209 e. The number of phenolic OH excluding ortho intramolecular Hbond substituents is 1. The lowest BCUT2D eigenvalue weighted by Gasteiger charge is -2.28. The van der Waals surface area contributed by atoms with Gasteiger partial charge in [-0.2, -0.15) is 4.58 Å². The minimum atomic E-state index is 0.0133. The minimum Gasteiger partial charge on any atom is -0.508 e. The van der Waals surface area contributed by atoms with Gasteiger partial charge in [-0.05, 0) is 51.3 Å². The highest BCUT2D eigenvalue weighted by molar-refractivity contribution is 8.00. The first-order valence-corrected chi connectivity index (χ1v) is 11.7. The molecule has 0 fully saturated rings. The van der Waals surface area contributed by atoms with Gasteiger partial charge in [0, 0.05) is 27.9 Å². The molecule has 1 aliphatic carbocycles. The third-order valence-electron chi connectivity index (χ3n) is 6.60. The van der Waals surface area contributed by atoms with Gasteiger partial charge < -0.3 is 5.11 Å². The number of benzene rings is 2. The molecule has 2 nitrogen and oxygen atoms in total. The average Bonchev–Trinajstić information content (AvgIpc) is 2.96. The van der Waals surface area contributed by atoms with Gasteiger partial charge in [0.1, 0.15) is 12.3 Å². The van der Waals surface area contributed by atoms with Crippen LogP contribution in [0.4, 0.5) is 5.69 Å². The molecule has 1 unspecified atom stereocenters. The van der Waals surface area contributed by atoms with Crippen molar-refractivity contribution in [1.29, 1.82) is 0 Å². The lowest BCUT2D eigenvalue weighted by Crippen LogP contribution is -2.27. The van der Waals surface area contributed by atoms with Gasteiger partial charge in [0.25, 0.3) is 0 Å². The van der Waals surface area contributed by atoms with Gasteiger partial charge in [-0.15, -0.1) is 11.8 Å². The maximum absolute atomic E-state index is 9.85. The number of allylic oxidation sites excluding steroid dienone is 3. The van der Waals surface area contributed by atoms with Gasteiger partial charge in [0.15, 0.2) is 5.71 Å². The summed E-state index contributed by atoms with van der Waals surface area (Å²) in [5, 5.41) is 10.2. The molecule has 2 aliphatic heterocycles. The number of nitrogens with zero attached hydrogens (tertiary/aromatic N) is 1. The summed E-state index contributed by atoms with van der Waals surface area (Å²) in [6, 6.07) is 14.5. The molecule has 152 valence electrons. The number of aromatic hydroxyl groups is 1. The van der Waals surface area contributed by atoms with Gasteiger partial charge in [-0.3, -0.25) is 0 Å². The highest BCUT2D eigenvalue weighted by Gasteiger charge is 2.43. The zero-order chi connectivity index (χ0) is 20.9. The number of phenols is 1. The van der Waals surface area contributed by atoms with E-state index in [0.29, 0.717) is 11.0 Å². The van der Waals surface area contributed by atoms with E-state index in [2.05, 4.69) is 73.9 Å². The van der Waals surface area contributed by atoms with E-state index in [1.54, 1.807) is 6.07 Å². The molecule has 0 amide bonds. The number of para-hydroxylation sites is 1. The molecule has 1 N–H and O–H groups in total. The lowest BCUT2D eigenvalue weighted by molar-refractivity contribution is -0.433. The second-order valence-corrected chi connectivity index (χ2v) is 10.0. The smallest absolute Gasteiger partial charge is 0.209 e. The number of hydrogen-bond acceptors (Lipinski definition) is 2. The molecule has 5 rings (SSSR count). The summed E-state index contributed by atoms with van der Waals surface area (Å²) in [5.74, 6) is 0.345. The van der Waals surface area contributed by atoms with Crippen molar-refractivity contribution in [2.24, 2.45) is 0 Å². The molecule has 3 heteroatoms. The molecule has 0 aromatic heterocycles. The fourth-order valence-electron chi connectivity index (χ4n) is 4.97. The first kappa shape index (κ1) is 19.4. The molecule has 2 aromatic rings. The van der Waals surface area contributed by atoms with Crippen molar-refractivity contribution in [3.63, 3.8) is 0 Å². The number of hydrogen-bond donors (Lipinski definition) is 1. The fourth-order valence-corrected chi connectivity index (χ4v) is 6.27. The highest BCUT2D eigenvalue weighted by Crippen LogP contribution is 2.44. The molecule has 1 atom stereocenters. The van der Waals surface area contributed by atoms with E-state index >= 15 is 0 Å². The Hall–Kier alpha value is -2.52. The highest BCUT2D eigenvalue weighted by atomic mass is 32.2. The zero-order valence-electron chi connectivity index (χ0n) is 17.9. The summed E-state index contributed by atoms with van der Waals surface area (Å²) in [7, 11) is 0. The molecule has 2 heterocycles. The van der Waals surface area contributed by atoms with E-state index in [1.165, 1.54) is 38.6 Å². The molecular weight excluding hydrogens is 386 g/mol. The standard InChI is InChI=1S/C27H27NOS/c1-4-28-23-8-6-5-7-22(23)27(2,3)26(28)14-10-18-9-11-19-16-20-12-13-21(29)17-25(20)30-24(19)15-18/h5-8,10,12-17,24H,4,9,11H2,1-3H3/p+1/b14-10+. The quantitative estimate of drug-likeness (QED) is 0.570. The van der Waals surface area contributed by atoms with Crippen LogP contribution in [0.25, 0.3) is 6.08 Å². The van der Waals surface area contributed by atoms with Crippen molar-refractivity contribution < 1.29 is 9.68 Å². The molecule has 0 bridgehead atoms. The molecule has 2 aromatic carbocycles. The monoisotopic (exact) mass is 414 g/mol. The lowest BCUT2D eigenvalue weighted by atomic mass is 9.81. The molecular formula is C27H28NOS+. The number of thioether (sulfide) groups is 1. The van der Waals surface area contributed by atoms with E-state index in [4.69, 9.17) is 0 Å². The molecule has 3 aliphatic rings. The Morgan fingerprint density at radius 3 is 2.80 bits per heavy atom. The SMILES string of the molecule is CC[N+]1=C(/C=C/C2=CC3Sc4cc(O)ccc4C=C3CC2)C(C)(C)c2ccccc21. The summed E-state index contributed by atoms with van der Waals surface area (Å²) in [6.07, 6.45) is 11.6. The first-order valence-electron chi connectivity index (χ1n) is 10.8. The van der Waals surface area contributed by atoms with Crippen LogP contribution in [0.15, 0.2) is 76.7 Å². The number of fused-ring (bicyclic) bond motifs is 3. The zero-order valence-corrected chi connectivity index (χ0v) is 18.7. The van der Waals surface area contributed by atoms with E-state index in [1.807, 2.05) is 23.9 Å². The Morgan fingerprint density at radius 2 is 1.97 bits per heavy atom. The van der Waals surface area contributed by atoms with Crippen molar-refractivity contribution in [2.45, 2.75) is 49.2 Å². The van der Waals surface area contributed by atoms with Crippen LogP contribution in [-0.4, -0.2) is 27.2 Å². The van der Waals surface area contributed by atoms with Crippen molar-refractivity contribution in [2.75, 3.05) is 6.54 Å². The van der Waals surface area contributed by atoms with Crippen LogP contribution in [0, 0.1) is 0 Å². The van der Waals surface area contributed by atoms with E-state index in [9.17, 15) is 5.11 Å². The summed E-state index contributed by atoms with van der Waals surface area (Å²) in [4.78, 5) is 1.17. The van der Waals surface area contributed by atoms with Gasteiger partial charge in [-0.25, -0.2) is 0 Å². The summed E-state index contributed by atoms with van der Waals surface area (Å²) < 4.78 is 2.45. The largest absolute Gasteiger partial charge is 0.508 e. The van der Waals surface area contributed by atoms with Crippen LogP contribution in [0.1, 0.15) is 44.7 Å². The van der Waals surface area contributed by atoms with Gasteiger partial charge in [-0.1, -0.05) is 53.6 Å². The Labute approximate surface area is 183 Å². The molecule has 30 heavy (non-hydrogen) atoms. The topological polar surface area (TPSA) is 23.2 Å². The van der Waals surface area contributed by atoms with E-state index in [-0.39, 0.29) is 5.41 Å². The van der Waals surface area contributed by atoms with Gasteiger partial charge in [0.2, 0.25) is 5.69 Å². The van der Waals surface area contributed by atoms with Crippen LogP contribution < -0.4 is 0 Å². The van der Waals surface area contributed by atoms with Crippen molar-refractivity contribution in [1.82, 2.24) is 0 Å². The summed E-state index contributed by atoms with van der Waals surface area (Å²) in [6.45, 7) is 7.87. The summed E-state index contributed by atoms with van der Waals surface area (Å²) >= 11 is 1.86. The van der Waals surface area contributed by atoms with Crippen LogP contribution in [0.2, 0.25) is 0 Å². The van der Waals surface area contributed by atoms with Gasteiger partial charge >= 0.3 is 0 Å². The second-order valence-electron chi connectivity index (χ2n) is 8.83. The molecule has 0 saturated heterocycles. The molecule has 0 radical (unpaired) electrons. The predicted octanol–water partition coefficient (Wildman–Crippen LogP) is 6.62. The van der Waals surface area contributed by atoms with Crippen molar-refractivity contribution in [3.8, 4) is 5.75 Å². The average molecular weight is 415 g/mol. The third kappa shape index (κ3) is 3.16. The second kappa shape index (κ2) is 7.31. The predicted molar refractivity (Wildman–Crippen MR) is 127 cm³/mol. The first-order chi connectivity index (χ1) is 14.5. The van der Waals surface area contributed by atoms with Crippen LogP contribution >= 0.6 is 11.8 Å². The molecule has 0 saturated carbocycles. The Balaban J connectivity index is 1.45. The Bertz CT molecular complexity index is 1150. The summed E-state index contributed by atoms with van der Waals surface area (Å²) in [5.41, 5.74) is 8.27. The Kier molecular flexibility index (Phi) is 4.74. The molecule has 0 spiro atoms. The van der Waals surface area contributed by atoms with E-state index < -0.39 is 0 Å². The van der Waals surface area contributed by atoms with Crippen molar-refractivity contribution in [3.05, 3.63) is 83.0 Å². The van der Waals surface area contributed by atoms with Crippen LogP contribution in [-0.2, 0) is 5.41 Å². The van der Waals surface area contributed by atoms with E-state index in [0.717, 1.165) is 19.4 Å². The minimum absolute atomic E-state index is 0.0133. The van der Waals surface area contributed by atoms with Gasteiger partial charge in [0.05, 0.1) is 5.41 Å². The Morgan fingerprint density at radius 1 is 1.13 bits per heavy atom. The van der Waals surface area contributed by atoms with Crippen molar-refractivity contribution >= 4 is 29.2 Å². The third-order valence-corrected chi connectivity index (χ3v) is 7.90. The normalized spacial score (nSPS) is 21.8. The van der Waals surface area contributed by atoms with Crippen LogP contribution in [0.5, 0.6) is 5.75 Å². The van der Waals surface area contributed by atoms with Crippen LogP contribution in [0.3, 0.4) is 0 Å².